The van der Waals surface area contributed by atoms with E-state index < -0.39 is 16.1 Å². The third-order valence-corrected chi connectivity index (χ3v) is 7.57. The van der Waals surface area contributed by atoms with Crippen LogP contribution in [0, 0.1) is 5.92 Å². The van der Waals surface area contributed by atoms with Crippen LogP contribution < -0.4 is 5.32 Å². The zero-order valence-electron chi connectivity index (χ0n) is 15.4. The van der Waals surface area contributed by atoms with Gasteiger partial charge in [-0.1, -0.05) is 6.07 Å². The number of hydrogen-bond donors (Lipinski definition) is 1. The van der Waals surface area contributed by atoms with E-state index in [1.54, 1.807) is 24.0 Å². The summed E-state index contributed by atoms with van der Waals surface area (Å²) < 4.78 is 35.7. The van der Waals surface area contributed by atoms with Crippen LogP contribution in [0.15, 0.2) is 23.1 Å². The molecule has 28 heavy (non-hydrogen) atoms. The van der Waals surface area contributed by atoms with Crippen LogP contribution >= 0.6 is 11.7 Å². The minimum absolute atomic E-state index is 0.0418. The summed E-state index contributed by atoms with van der Waals surface area (Å²) in [5, 5.41) is 2.75. The minimum Gasteiger partial charge on any atom is -0.344 e. The molecule has 2 amide bonds. The molecule has 1 unspecified atom stereocenters. The van der Waals surface area contributed by atoms with Crippen LogP contribution in [0.2, 0.25) is 0 Å². The molecule has 1 atom stereocenters. The Morgan fingerprint density at radius 3 is 2.57 bits per heavy atom. The number of amides is 2. The number of fused-ring (bicyclic) bond motifs is 1. The lowest BCUT2D eigenvalue weighted by Gasteiger charge is -2.35. The smallest absolute Gasteiger partial charge is 0.245 e. The van der Waals surface area contributed by atoms with E-state index in [2.05, 4.69) is 14.1 Å². The summed E-state index contributed by atoms with van der Waals surface area (Å²) >= 11 is 0.978. The molecule has 2 aliphatic rings. The van der Waals surface area contributed by atoms with Gasteiger partial charge in [-0.2, -0.15) is 13.1 Å². The quantitative estimate of drug-likeness (QED) is 0.747. The summed E-state index contributed by atoms with van der Waals surface area (Å²) in [6, 6.07) is 4.31. The molecule has 1 saturated carbocycles. The van der Waals surface area contributed by atoms with Gasteiger partial charge in [0.1, 0.15) is 22.0 Å². The molecule has 2 heterocycles. The number of benzene rings is 1. The maximum absolute atomic E-state index is 13.0. The summed E-state index contributed by atoms with van der Waals surface area (Å²) in [7, 11) is -3.72. The highest BCUT2D eigenvalue weighted by molar-refractivity contribution is 7.89. The van der Waals surface area contributed by atoms with Crippen molar-refractivity contribution in [3.63, 3.8) is 0 Å². The van der Waals surface area contributed by atoms with Crippen molar-refractivity contribution < 1.29 is 18.0 Å². The second-order valence-corrected chi connectivity index (χ2v) is 9.56. The molecule has 2 aromatic rings. The summed E-state index contributed by atoms with van der Waals surface area (Å²) in [5.74, 6) is -0.218. The Hall–Kier alpha value is -2.11. The normalized spacial score (nSPS) is 19.5. The van der Waals surface area contributed by atoms with Gasteiger partial charge < -0.3 is 10.2 Å². The first kappa shape index (κ1) is 19.2. The zero-order chi connectivity index (χ0) is 19.9. The predicted octanol–water partition coefficient (Wildman–Crippen LogP) is 0.439. The number of carbonyl (C=O) groups excluding carboxylic acids is 2. The highest BCUT2D eigenvalue weighted by Crippen LogP contribution is 2.29. The van der Waals surface area contributed by atoms with Crippen molar-refractivity contribution in [3.05, 3.63) is 18.2 Å². The summed E-state index contributed by atoms with van der Waals surface area (Å²) in [6.45, 7) is 2.64. The Kier molecular flexibility index (Phi) is 5.06. The Labute approximate surface area is 167 Å². The number of rotatable bonds is 5. The highest BCUT2D eigenvalue weighted by atomic mass is 32.2. The second-order valence-electron chi connectivity index (χ2n) is 7.12. The van der Waals surface area contributed by atoms with Crippen molar-refractivity contribution in [2.24, 2.45) is 5.92 Å². The number of aromatic nitrogens is 2. The van der Waals surface area contributed by atoms with Crippen molar-refractivity contribution in [2.45, 2.75) is 30.7 Å². The van der Waals surface area contributed by atoms with Gasteiger partial charge in [0.2, 0.25) is 21.8 Å². The topological polar surface area (TPSA) is 113 Å². The van der Waals surface area contributed by atoms with E-state index in [1.807, 2.05) is 0 Å². The maximum Gasteiger partial charge on any atom is 0.245 e. The lowest BCUT2D eigenvalue weighted by atomic mass is 10.2. The SMILES string of the molecule is CC(NC(=O)C1CC1)C(=O)N1CCN(S(=O)(=O)c2cccc3nsnc23)CC1. The van der Waals surface area contributed by atoms with Gasteiger partial charge in [-0.05, 0) is 31.9 Å². The molecule has 0 spiro atoms. The third kappa shape index (κ3) is 3.61. The average molecular weight is 424 g/mol. The van der Waals surface area contributed by atoms with Gasteiger partial charge in [0.05, 0.1) is 11.7 Å². The fourth-order valence-corrected chi connectivity index (χ4v) is 5.46. The first-order valence-electron chi connectivity index (χ1n) is 9.18. The summed E-state index contributed by atoms with van der Waals surface area (Å²) in [5.41, 5.74) is 0.933. The van der Waals surface area contributed by atoms with Gasteiger partial charge in [-0.3, -0.25) is 9.59 Å². The fourth-order valence-electron chi connectivity index (χ4n) is 3.29. The first-order valence-corrected chi connectivity index (χ1v) is 11.4. The molecule has 150 valence electrons. The molecule has 1 aliphatic carbocycles. The molecule has 0 radical (unpaired) electrons. The Morgan fingerprint density at radius 1 is 1.18 bits per heavy atom. The molecule has 1 aromatic carbocycles. The fraction of sp³-hybridized carbons (Fsp3) is 0.529. The molecular formula is C17H21N5O4S2. The minimum atomic E-state index is -3.72. The number of carbonyl (C=O) groups is 2. The molecule has 0 bridgehead atoms. The van der Waals surface area contributed by atoms with E-state index in [4.69, 9.17) is 0 Å². The lowest BCUT2D eigenvalue weighted by molar-refractivity contribution is -0.137. The molecule has 1 aliphatic heterocycles. The van der Waals surface area contributed by atoms with E-state index in [9.17, 15) is 18.0 Å². The van der Waals surface area contributed by atoms with Crippen LogP contribution in [0.3, 0.4) is 0 Å². The van der Waals surface area contributed by atoms with Gasteiger partial charge in [-0.15, -0.1) is 0 Å². The molecule has 11 heteroatoms. The van der Waals surface area contributed by atoms with Crippen LogP contribution in [-0.2, 0) is 19.6 Å². The Balaban J connectivity index is 1.41. The zero-order valence-corrected chi connectivity index (χ0v) is 17.0. The average Bonchev–Trinajstić information content (AvgIpc) is 3.44. The largest absolute Gasteiger partial charge is 0.344 e. The van der Waals surface area contributed by atoms with Gasteiger partial charge in [0.25, 0.3) is 0 Å². The molecule has 4 rings (SSSR count). The molecule has 1 saturated heterocycles. The number of hydrogen-bond acceptors (Lipinski definition) is 7. The van der Waals surface area contributed by atoms with Crippen LogP contribution in [0.25, 0.3) is 11.0 Å². The van der Waals surface area contributed by atoms with E-state index in [0.717, 1.165) is 24.6 Å². The number of sulfonamides is 1. The molecule has 1 aromatic heterocycles. The van der Waals surface area contributed by atoms with Gasteiger partial charge in [-0.25, -0.2) is 8.42 Å². The van der Waals surface area contributed by atoms with Gasteiger partial charge in [0.15, 0.2) is 0 Å². The van der Waals surface area contributed by atoms with Crippen LogP contribution in [0.1, 0.15) is 19.8 Å². The van der Waals surface area contributed by atoms with Crippen molar-refractivity contribution in [3.8, 4) is 0 Å². The van der Waals surface area contributed by atoms with E-state index >= 15 is 0 Å². The van der Waals surface area contributed by atoms with Crippen molar-refractivity contribution in [2.75, 3.05) is 26.2 Å². The van der Waals surface area contributed by atoms with Crippen molar-refractivity contribution in [1.82, 2.24) is 23.3 Å². The summed E-state index contributed by atoms with van der Waals surface area (Å²) in [6.07, 6.45) is 1.76. The van der Waals surface area contributed by atoms with E-state index in [1.165, 1.54) is 10.4 Å². The van der Waals surface area contributed by atoms with Crippen LogP contribution in [0.5, 0.6) is 0 Å². The van der Waals surface area contributed by atoms with Crippen molar-refractivity contribution >= 4 is 44.6 Å². The van der Waals surface area contributed by atoms with Crippen molar-refractivity contribution in [1.29, 1.82) is 0 Å². The van der Waals surface area contributed by atoms with Gasteiger partial charge in [0, 0.05) is 32.1 Å². The number of piperazine rings is 1. The molecule has 1 N–H and O–H groups in total. The lowest BCUT2D eigenvalue weighted by Crippen LogP contribution is -2.55. The Bertz CT molecular complexity index is 1010. The van der Waals surface area contributed by atoms with Gasteiger partial charge >= 0.3 is 0 Å². The maximum atomic E-state index is 13.0. The first-order chi connectivity index (χ1) is 13.4. The second kappa shape index (κ2) is 7.37. The molecule has 9 nitrogen and oxygen atoms in total. The number of nitrogens with zero attached hydrogens (tertiary/aromatic N) is 4. The monoisotopic (exact) mass is 423 g/mol. The van der Waals surface area contributed by atoms with E-state index in [-0.39, 0.29) is 48.8 Å². The van der Waals surface area contributed by atoms with Crippen LogP contribution in [-0.4, -0.2) is 70.4 Å². The summed E-state index contributed by atoms with van der Waals surface area (Å²) in [4.78, 5) is 26.2. The van der Waals surface area contributed by atoms with Crippen LogP contribution in [0.4, 0.5) is 0 Å². The van der Waals surface area contributed by atoms with E-state index in [0.29, 0.717) is 11.0 Å². The predicted molar refractivity (Wildman–Crippen MR) is 103 cm³/mol. The highest BCUT2D eigenvalue weighted by Gasteiger charge is 2.35. The molecule has 2 fully saturated rings. The Morgan fingerprint density at radius 2 is 1.89 bits per heavy atom. The third-order valence-electron chi connectivity index (χ3n) is 5.09. The number of nitrogens with one attached hydrogen (secondary N) is 1. The standard InChI is InChI=1S/C17H21N5O4S2/c1-11(18-16(23)12-5-6-12)17(24)21-7-9-22(10-8-21)28(25,26)14-4-2-3-13-15(14)20-27-19-13/h2-4,11-12H,5-10H2,1H3,(H,18,23). The molecular weight excluding hydrogens is 402 g/mol.